The zero-order valence-electron chi connectivity index (χ0n) is 12.7. The fourth-order valence-corrected chi connectivity index (χ4v) is 2.69. The Labute approximate surface area is 136 Å². The van der Waals surface area contributed by atoms with Gasteiger partial charge in [0, 0.05) is 29.1 Å². The van der Waals surface area contributed by atoms with E-state index in [1.165, 1.54) is 23.0 Å². The molecule has 4 nitrogen and oxygen atoms in total. The number of hydrogen-bond donors (Lipinski definition) is 0. The normalized spacial score (nSPS) is 11.1. The lowest BCUT2D eigenvalue weighted by Gasteiger charge is -2.10. The molecule has 118 valence electrons. The van der Waals surface area contributed by atoms with E-state index in [1.807, 2.05) is 6.07 Å². The highest BCUT2D eigenvalue weighted by atomic mass is 19.1. The van der Waals surface area contributed by atoms with Crippen LogP contribution in [-0.2, 0) is 0 Å². The molecule has 0 saturated carbocycles. The van der Waals surface area contributed by atoms with Crippen molar-refractivity contribution < 1.29 is 8.78 Å². The quantitative estimate of drug-likeness (QED) is 0.559. The van der Waals surface area contributed by atoms with E-state index in [4.69, 9.17) is 0 Å². The summed E-state index contributed by atoms with van der Waals surface area (Å²) in [6.07, 6.45) is 4.65. The van der Waals surface area contributed by atoms with Crippen molar-refractivity contribution in [3.8, 4) is 22.4 Å². The minimum Gasteiger partial charge on any atom is -0.256 e. The number of pyridine rings is 2. The highest BCUT2D eigenvalue weighted by Crippen LogP contribution is 2.31. The molecule has 0 saturated heterocycles. The van der Waals surface area contributed by atoms with Crippen LogP contribution in [0.5, 0.6) is 0 Å². The molecule has 0 fully saturated rings. The van der Waals surface area contributed by atoms with Crippen LogP contribution in [0.3, 0.4) is 0 Å². The van der Waals surface area contributed by atoms with Crippen molar-refractivity contribution in [2.45, 2.75) is 6.92 Å². The van der Waals surface area contributed by atoms with Crippen LogP contribution in [0.15, 0.2) is 55.1 Å². The monoisotopic (exact) mass is 322 g/mol. The van der Waals surface area contributed by atoms with Gasteiger partial charge in [-0.2, -0.15) is 5.10 Å². The van der Waals surface area contributed by atoms with Crippen LogP contribution in [0.1, 0.15) is 5.56 Å². The maximum atomic E-state index is 14.2. The fraction of sp³-hybridized carbons (Fsp3) is 0.0556. The molecule has 0 N–H and O–H groups in total. The standard InChI is InChI=1S/C18H12F2N4/c1-11-7-12(4-5-15(11)19)17-14(3-2-6-21-17)13-8-16(20)18-22-10-23-24(18)9-13/h2-10H,1H3. The summed E-state index contributed by atoms with van der Waals surface area (Å²) in [5, 5.41) is 3.99. The maximum absolute atomic E-state index is 14.2. The largest absolute Gasteiger partial charge is 0.256 e. The summed E-state index contributed by atoms with van der Waals surface area (Å²) >= 11 is 0. The third-order valence-electron chi connectivity index (χ3n) is 3.88. The van der Waals surface area contributed by atoms with Gasteiger partial charge >= 0.3 is 0 Å². The van der Waals surface area contributed by atoms with Crippen LogP contribution in [0.4, 0.5) is 8.78 Å². The Morgan fingerprint density at radius 3 is 2.67 bits per heavy atom. The first kappa shape index (κ1) is 14.4. The summed E-state index contributed by atoms with van der Waals surface area (Å²) in [5.41, 5.74) is 3.47. The Hall–Kier alpha value is -3.15. The molecule has 4 rings (SSSR count). The summed E-state index contributed by atoms with van der Waals surface area (Å²) in [5.74, 6) is -0.735. The molecule has 0 spiro atoms. The minimum absolute atomic E-state index is 0.168. The van der Waals surface area contributed by atoms with Gasteiger partial charge in [-0.1, -0.05) is 6.07 Å². The van der Waals surface area contributed by atoms with Gasteiger partial charge in [0.15, 0.2) is 11.5 Å². The molecule has 0 amide bonds. The van der Waals surface area contributed by atoms with E-state index in [-0.39, 0.29) is 11.5 Å². The van der Waals surface area contributed by atoms with Gasteiger partial charge in [0.2, 0.25) is 0 Å². The van der Waals surface area contributed by atoms with Crippen LogP contribution in [-0.4, -0.2) is 19.6 Å². The highest BCUT2D eigenvalue weighted by Gasteiger charge is 2.13. The molecule has 1 aromatic carbocycles. The number of nitrogens with zero attached hydrogens (tertiary/aromatic N) is 4. The first-order chi connectivity index (χ1) is 11.6. The second kappa shape index (κ2) is 5.49. The molecule has 3 heterocycles. The van der Waals surface area contributed by atoms with Crippen LogP contribution in [0.2, 0.25) is 0 Å². The second-order valence-electron chi connectivity index (χ2n) is 5.47. The smallest absolute Gasteiger partial charge is 0.191 e. The number of halogens is 2. The van der Waals surface area contributed by atoms with E-state index < -0.39 is 5.82 Å². The van der Waals surface area contributed by atoms with Gasteiger partial charge in [0.25, 0.3) is 0 Å². The van der Waals surface area contributed by atoms with Gasteiger partial charge in [0.05, 0.1) is 5.69 Å². The lowest BCUT2D eigenvalue weighted by atomic mass is 9.99. The first-order valence-electron chi connectivity index (χ1n) is 7.34. The van der Waals surface area contributed by atoms with Gasteiger partial charge in [-0.15, -0.1) is 0 Å². The van der Waals surface area contributed by atoms with Crippen molar-refractivity contribution >= 4 is 5.65 Å². The summed E-state index contributed by atoms with van der Waals surface area (Å²) in [7, 11) is 0. The van der Waals surface area contributed by atoms with Crippen molar-refractivity contribution in [2.75, 3.05) is 0 Å². The molecule has 0 bridgehead atoms. The van der Waals surface area contributed by atoms with E-state index >= 15 is 0 Å². The third kappa shape index (κ3) is 2.32. The molecule has 3 aromatic heterocycles. The van der Waals surface area contributed by atoms with Gasteiger partial charge in [-0.25, -0.2) is 18.3 Å². The minimum atomic E-state index is -0.463. The van der Waals surface area contributed by atoms with E-state index in [2.05, 4.69) is 15.1 Å². The lowest BCUT2D eigenvalue weighted by molar-refractivity contribution is 0.619. The number of aromatic nitrogens is 4. The van der Waals surface area contributed by atoms with Crippen LogP contribution in [0.25, 0.3) is 28.0 Å². The van der Waals surface area contributed by atoms with Gasteiger partial charge in [-0.3, -0.25) is 4.98 Å². The number of fused-ring (bicyclic) bond motifs is 1. The maximum Gasteiger partial charge on any atom is 0.191 e. The average molecular weight is 322 g/mol. The summed E-state index contributed by atoms with van der Waals surface area (Å²) in [4.78, 5) is 8.28. The average Bonchev–Trinajstić information content (AvgIpc) is 3.06. The van der Waals surface area contributed by atoms with Crippen LogP contribution in [0, 0.1) is 18.6 Å². The van der Waals surface area contributed by atoms with E-state index in [9.17, 15) is 8.78 Å². The molecule has 4 aromatic rings. The predicted molar refractivity (Wildman–Crippen MR) is 86.3 cm³/mol. The highest BCUT2D eigenvalue weighted by molar-refractivity contribution is 5.81. The van der Waals surface area contributed by atoms with Gasteiger partial charge in [0.1, 0.15) is 12.1 Å². The Morgan fingerprint density at radius 1 is 0.958 bits per heavy atom. The predicted octanol–water partition coefficient (Wildman–Crippen LogP) is 4.04. The second-order valence-corrected chi connectivity index (χ2v) is 5.47. The number of aryl methyl sites for hydroxylation is 1. The Bertz CT molecular complexity index is 1060. The summed E-state index contributed by atoms with van der Waals surface area (Å²) in [6, 6.07) is 9.83. The molecule has 0 aliphatic heterocycles. The van der Waals surface area contributed by atoms with Gasteiger partial charge < -0.3 is 0 Å². The molecule has 6 heteroatoms. The van der Waals surface area contributed by atoms with E-state index in [0.717, 1.165) is 11.1 Å². The fourth-order valence-electron chi connectivity index (χ4n) is 2.69. The summed E-state index contributed by atoms with van der Waals surface area (Å²) < 4.78 is 29.2. The van der Waals surface area contributed by atoms with Crippen molar-refractivity contribution in [3.05, 3.63) is 72.3 Å². The van der Waals surface area contributed by atoms with Crippen LogP contribution >= 0.6 is 0 Å². The topological polar surface area (TPSA) is 43.1 Å². The third-order valence-corrected chi connectivity index (χ3v) is 3.88. The molecule has 0 radical (unpaired) electrons. The molecule has 0 aliphatic rings. The van der Waals surface area contributed by atoms with Crippen molar-refractivity contribution in [1.29, 1.82) is 0 Å². The summed E-state index contributed by atoms with van der Waals surface area (Å²) in [6.45, 7) is 1.70. The molecule has 24 heavy (non-hydrogen) atoms. The number of hydrogen-bond acceptors (Lipinski definition) is 3. The zero-order chi connectivity index (χ0) is 16.7. The van der Waals surface area contributed by atoms with Crippen molar-refractivity contribution in [3.63, 3.8) is 0 Å². The van der Waals surface area contributed by atoms with Crippen LogP contribution < -0.4 is 0 Å². The zero-order valence-corrected chi connectivity index (χ0v) is 12.7. The molecule has 0 unspecified atom stereocenters. The first-order valence-corrected chi connectivity index (χ1v) is 7.34. The Balaban J connectivity index is 1.93. The van der Waals surface area contributed by atoms with Gasteiger partial charge in [-0.05, 0) is 42.8 Å². The number of rotatable bonds is 2. The van der Waals surface area contributed by atoms with Crippen molar-refractivity contribution in [2.24, 2.45) is 0 Å². The molecule has 0 atom stereocenters. The van der Waals surface area contributed by atoms with E-state index in [0.29, 0.717) is 16.8 Å². The molecular formula is C18H12F2N4. The Kier molecular flexibility index (Phi) is 3.30. The molecular weight excluding hydrogens is 310 g/mol. The Morgan fingerprint density at radius 2 is 1.83 bits per heavy atom. The lowest BCUT2D eigenvalue weighted by Crippen LogP contribution is -1.96. The van der Waals surface area contributed by atoms with Crippen molar-refractivity contribution in [1.82, 2.24) is 19.6 Å². The number of benzene rings is 1. The SMILES string of the molecule is Cc1cc(-c2ncccc2-c2cc(F)c3ncnn3c2)ccc1F. The molecule has 0 aliphatic carbocycles. The van der Waals surface area contributed by atoms with E-state index in [1.54, 1.807) is 37.5 Å².